The van der Waals surface area contributed by atoms with Gasteiger partial charge in [-0.05, 0) is 36.6 Å². The number of halogens is 5. The Hall–Kier alpha value is -4.34. The molecule has 2 atom stereocenters. The summed E-state index contributed by atoms with van der Waals surface area (Å²) in [6, 6.07) is 7.84. The van der Waals surface area contributed by atoms with Gasteiger partial charge in [0.05, 0.1) is 19.3 Å². The Bertz CT molecular complexity index is 1440. The van der Waals surface area contributed by atoms with E-state index >= 15 is 0 Å². The van der Waals surface area contributed by atoms with Crippen molar-refractivity contribution in [3.8, 4) is 5.75 Å². The van der Waals surface area contributed by atoms with Crippen LogP contribution in [0.1, 0.15) is 28.9 Å². The molecule has 1 aromatic carbocycles. The normalized spacial score (nSPS) is 16.3. The van der Waals surface area contributed by atoms with Gasteiger partial charge in [0.25, 0.3) is 11.5 Å². The Labute approximate surface area is 236 Å². The molecule has 42 heavy (non-hydrogen) atoms. The molecule has 0 saturated carbocycles. The van der Waals surface area contributed by atoms with Crippen LogP contribution in [-0.4, -0.2) is 74.6 Å². The lowest BCUT2D eigenvalue weighted by Crippen LogP contribution is -2.32. The number of pyridine rings is 1. The maximum atomic E-state index is 14.6. The zero-order valence-electron chi connectivity index (χ0n) is 22.2. The van der Waals surface area contributed by atoms with Crippen LogP contribution in [0.4, 0.5) is 27.6 Å². The molecule has 11 nitrogen and oxygen atoms in total. The van der Waals surface area contributed by atoms with E-state index in [9.17, 15) is 36.3 Å². The van der Waals surface area contributed by atoms with Crippen molar-refractivity contribution in [2.24, 2.45) is 0 Å². The number of aromatic nitrogens is 4. The molecule has 0 radical (unpaired) electrons. The monoisotopic (exact) mass is 597 g/mol. The number of carbonyl (C=O) groups excluding carboxylic acids is 2. The third-order valence-electron chi connectivity index (χ3n) is 6.29. The number of nitrogens with one attached hydrogen (secondary N) is 2. The van der Waals surface area contributed by atoms with Crippen LogP contribution in [0.25, 0.3) is 0 Å². The highest BCUT2D eigenvalue weighted by atomic mass is 19.4. The fraction of sp³-hybridized carbons (Fsp3) is 0.423. The maximum Gasteiger partial charge on any atom is 0.573 e. The van der Waals surface area contributed by atoms with Crippen molar-refractivity contribution in [1.29, 1.82) is 0 Å². The van der Waals surface area contributed by atoms with Gasteiger partial charge < -0.3 is 19.9 Å². The van der Waals surface area contributed by atoms with Gasteiger partial charge >= 0.3 is 6.36 Å². The number of nitrogens with zero attached hydrogens (tertiary/aromatic N) is 5. The second-order valence-corrected chi connectivity index (χ2v) is 9.71. The molecule has 2 amide bonds. The lowest BCUT2D eigenvalue weighted by atomic mass is 10.2. The minimum atomic E-state index is -4.84. The summed E-state index contributed by atoms with van der Waals surface area (Å²) in [4.78, 5) is 38.6. The number of ether oxygens (including phenoxy) is 1. The highest BCUT2D eigenvalue weighted by Crippen LogP contribution is 2.23. The summed E-state index contributed by atoms with van der Waals surface area (Å²) in [6.45, 7) is 0.404. The molecule has 3 heterocycles. The molecule has 3 aromatic rings. The Morgan fingerprint density at radius 2 is 2.00 bits per heavy atom. The second-order valence-electron chi connectivity index (χ2n) is 9.71. The molecule has 2 unspecified atom stereocenters. The lowest BCUT2D eigenvalue weighted by molar-refractivity contribution is -0.274. The number of hydrogen-bond acceptors (Lipinski definition) is 7. The van der Waals surface area contributed by atoms with Crippen molar-refractivity contribution in [2.75, 3.05) is 25.0 Å². The standard InChI is InChI=1S/C26H28F5N7O4/c27-18-4-7-36(13-18)16-23(39)33-20-6-9-37(24(40)11-20)8-5-19(28)14-38-15-22(34-35-38)25(41)32-12-17-2-1-3-21(10-17)42-26(29,30)31/h1-3,6,9-11,15,18-19H,4-5,7-8,12-14,16H2,(H,32,41)(H,33,39). The van der Waals surface area contributed by atoms with Crippen molar-refractivity contribution in [3.63, 3.8) is 0 Å². The fourth-order valence-electron chi connectivity index (χ4n) is 4.29. The fourth-order valence-corrected chi connectivity index (χ4v) is 4.29. The summed E-state index contributed by atoms with van der Waals surface area (Å²) < 4.78 is 71.3. The molecule has 2 aromatic heterocycles. The molecule has 1 aliphatic rings. The van der Waals surface area contributed by atoms with Crippen LogP contribution in [0.15, 0.2) is 53.6 Å². The van der Waals surface area contributed by atoms with E-state index in [4.69, 9.17) is 0 Å². The van der Waals surface area contributed by atoms with Gasteiger partial charge in [-0.3, -0.25) is 19.3 Å². The second kappa shape index (κ2) is 13.5. The van der Waals surface area contributed by atoms with E-state index < -0.39 is 35.9 Å². The van der Waals surface area contributed by atoms with E-state index in [1.54, 1.807) is 4.90 Å². The predicted octanol–water partition coefficient (Wildman–Crippen LogP) is 2.68. The summed E-state index contributed by atoms with van der Waals surface area (Å²) in [6.07, 6.45) is -4.23. The van der Waals surface area contributed by atoms with Gasteiger partial charge in [-0.25, -0.2) is 13.5 Å². The molecular weight excluding hydrogens is 569 g/mol. The van der Waals surface area contributed by atoms with Crippen molar-refractivity contribution >= 4 is 17.5 Å². The molecule has 226 valence electrons. The van der Waals surface area contributed by atoms with Crippen LogP contribution in [0.2, 0.25) is 0 Å². The molecular formula is C26H28F5N7O4. The molecule has 1 aliphatic heterocycles. The van der Waals surface area contributed by atoms with Gasteiger partial charge in [-0.15, -0.1) is 18.3 Å². The first-order valence-corrected chi connectivity index (χ1v) is 13.0. The molecule has 16 heteroatoms. The SMILES string of the molecule is O=C(CN1CCC(F)C1)Nc1ccn(CCC(F)Cn2cc(C(=O)NCc3cccc(OC(F)(F)F)c3)nn2)c(=O)c1. The topological polar surface area (TPSA) is 123 Å². The maximum absolute atomic E-state index is 14.6. The summed E-state index contributed by atoms with van der Waals surface area (Å²) in [5.74, 6) is -1.45. The van der Waals surface area contributed by atoms with E-state index in [0.29, 0.717) is 18.5 Å². The highest BCUT2D eigenvalue weighted by Gasteiger charge is 2.31. The minimum Gasteiger partial charge on any atom is -0.406 e. The Kier molecular flexibility index (Phi) is 9.88. The van der Waals surface area contributed by atoms with Crippen molar-refractivity contribution < 1.29 is 36.3 Å². The van der Waals surface area contributed by atoms with E-state index in [0.717, 1.165) is 16.8 Å². The number of likely N-dealkylation sites (tertiary alicyclic amines) is 1. The number of rotatable bonds is 12. The first-order valence-electron chi connectivity index (χ1n) is 13.0. The molecule has 2 N–H and O–H groups in total. The molecule has 0 bridgehead atoms. The van der Waals surface area contributed by atoms with E-state index in [1.165, 1.54) is 41.2 Å². The third kappa shape index (κ3) is 9.36. The van der Waals surface area contributed by atoms with Crippen LogP contribution >= 0.6 is 0 Å². The zero-order chi connectivity index (χ0) is 30.3. The number of benzene rings is 1. The quantitative estimate of drug-likeness (QED) is 0.308. The number of aryl methyl sites for hydroxylation is 1. The van der Waals surface area contributed by atoms with Crippen LogP contribution in [0.3, 0.4) is 0 Å². The number of carbonyl (C=O) groups is 2. The lowest BCUT2D eigenvalue weighted by Gasteiger charge is -2.14. The third-order valence-corrected chi connectivity index (χ3v) is 6.29. The van der Waals surface area contributed by atoms with Crippen LogP contribution in [-0.2, 0) is 24.4 Å². The van der Waals surface area contributed by atoms with Crippen molar-refractivity contribution in [3.05, 3.63) is 70.4 Å². The van der Waals surface area contributed by atoms with Crippen LogP contribution < -0.4 is 20.9 Å². The number of anilines is 1. The molecule has 4 rings (SSSR count). The van der Waals surface area contributed by atoms with Gasteiger partial charge in [-0.2, -0.15) is 0 Å². The average Bonchev–Trinajstić information content (AvgIpc) is 3.54. The van der Waals surface area contributed by atoms with E-state index in [1.807, 2.05) is 0 Å². The summed E-state index contributed by atoms with van der Waals surface area (Å²) in [5, 5.41) is 12.5. The predicted molar refractivity (Wildman–Crippen MR) is 139 cm³/mol. The van der Waals surface area contributed by atoms with Gasteiger partial charge in [-0.1, -0.05) is 17.3 Å². The van der Waals surface area contributed by atoms with Crippen LogP contribution in [0, 0.1) is 0 Å². The van der Waals surface area contributed by atoms with Crippen molar-refractivity contribution in [2.45, 2.75) is 51.2 Å². The van der Waals surface area contributed by atoms with E-state index in [2.05, 4.69) is 25.7 Å². The molecule has 0 spiro atoms. The Morgan fingerprint density at radius 3 is 2.71 bits per heavy atom. The first kappa shape index (κ1) is 30.6. The van der Waals surface area contributed by atoms with Gasteiger partial charge in [0.2, 0.25) is 5.91 Å². The first-order chi connectivity index (χ1) is 19.9. The van der Waals surface area contributed by atoms with Gasteiger partial charge in [0.1, 0.15) is 18.1 Å². The summed E-state index contributed by atoms with van der Waals surface area (Å²) in [5.41, 5.74) is 0.0725. The Balaban J connectivity index is 1.21. The zero-order valence-corrected chi connectivity index (χ0v) is 22.2. The van der Waals surface area contributed by atoms with Crippen molar-refractivity contribution in [1.82, 2.24) is 29.8 Å². The molecule has 1 fully saturated rings. The number of alkyl halides is 5. The molecule has 1 saturated heterocycles. The largest absolute Gasteiger partial charge is 0.573 e. The summed E-state index contributed by atoms with van der Waals surface area (Å²) >= 11 is 0. The van der Waals surface area contributed by atoms with Gasteiger partial charge in [0.15, 0.2) is 5.69 Å². The molecule has 0 aliphatic carbocycles. The Morgan fingerprint density at radius 1 is 1.19 bits per heavy atom. The highest BCUT2D eigenvalue weighted by molar-refractivity contribution is 5.92. The summed E-state index contributed by atoms with van der Waals surface area (Å²) in [7, 11) is 0. The van der Waals surface area contributed by atoms with Gasteiger partial charge in [0, 0.05) is 44.1 Å². The number of amides is 2. The van der Waals surface area contributed by atoms with E-state index in [-0.39, 0.29) is 56.4 Å². The number of hydrogen-bond donors (Lipinski definition) is 2. The van der Waals surface area contributed by atoms with Crippen LogP contribution in [0.5, 0.6) is 5.75 Å². The minimum absolute atomic E-state index is 0.0212. The average molecular weight is 598 g/mol. The smallest absolute Gasteiger partial charge is 0.406 e.